The van der Waals surface area contributed by atoms with Gasteiger partial charge in [-0.2, -0.15) is 0 Å². The maximum Gasteiger partial charge on any atom is 0.293 e. The molecule has 8 nitrogen and oxygen atoms in total. The van der Waals surface area contributed by atoms with Crippen LogP contribution in [0.4, 0.5) is 17.1 Å². The number of nitro benzene ring substituents is 1. The van der Waals surface area contributed by atoms with Crippen molar-refractivity contribution in [3.05, 3.63) is 64.2 Å². The first-order chi connectivity index (χ1) is 14.0. The lowest BCUT2D eigenvalue weighted by atomic mass is 10.1. The summed E-state index contributed by atoms with van der Waals surface area (Å²) in [4.78, 5) is 35.2. The van der Waals surface area contributed by atoms with E-state index in [-0.39, 0.29) is 36.2 Å². The van der Waals surface area contributed by atoms with E-state index >= 15 is 0 Å². The van der Waals surface area contributed by atoms with Gasteiger partial charge >= 0.3 is 0 Å². The number of rotatable bonds is 8. The number of para-hydroxylation sites is 1. The molecule has 3 rings (SSSR count). The van der Waals surface area contributed by atoms with Crippen LogP contribution in [-0.2, 0) is 4.79 Å². The SMILES string of the molecule is O=C(CCNC(=O)c1ccc(Nc2ccccc2)c([N+](=O)[O-])c1)NC1CCCC1. The summed E-state index contributed by atoms with van der Waals surface area (Å²) in [7, 11) is 0. The normalized spacial score (nSPS) is 13.7. The summed E-state index contributed by atoms with van der Waals surface area (Å²) in [6, 6.07) is 13.6. The van der Waals surface area contributed by atoms with E-state index in [1.165, 1.54) is 18.2 Å². The summed E-state index contributed by atoms with van der Waals surface area (Å²) in [5, 5.41) is 20.0. The number of carbonyl (C=O) groups is 2. The highest BCUT2D eigenvalue weighted by Crippen LogP contribution is 2.28. The van der Waals surface area contributed by atoms with E-state index in [0.29, 0.717) is 11.4 Å². The molecule has 1 aliphatic carbocycles. The van der Waals surface area contributed by atoms with Gasteiger partial charge in [-0.1, -0.05) is 31.0 Å². The second-order valence-electron chi connectivity index (χ2n) is 7.03. The molecular formula is C21H24N4O4. The third kappa shape index (κ3) is 5.78. The zero-order valence-corrected chi connectivity index (χ0v) is 16.0. The van der Waals surface area contributed by atoms with E-state index in [2.05, 4.69) is 16.0 Å². The molecule has 1 fully saturated rings. The van der Waals surface area contributed by atoms with Gasteiger partial charge in [0.2, 0.25) is 5.91 Å². The fourth-order valence-electron chi connectivity index (χ4n) is 3.37. The molecule has 2 aromatic carbocycles. The second kappa shape index (κ2) is 9.68. The molecule has 2 amide bonds. The van der Waals surface area contributed by atoms with Gasteiger partial charge in [0.05, 0.1) is 4.92 Å². The molecule has 0 saturated heterocycles. The number of hydrogen-bond donors (Lipinski definition) is 3. The summed E-state index contributed by atoms with van der Waals surface area (Å²) in [6.07, 6.45) is 4.46. The van der Waals surface area contributed by atoms with Crippen LogP contribution in [0.5, 0.6) is 0 Å². The molecule has 0 radical (unpaired) electrons. The molecule has 8 heteroatoms. The van der Waals surface area contributed by atoms with Crippen molar-refractivity contribution in [2.24, 2.45) is 0 Å². The van der Waals surface area contributed by atoms with E-state index < -0.39 is 10.8 Å². The number of hydrogen-bond acceptors (Lipinski definition) is 5. The van der Waals surface area contributed by atoms with Crippen molar-refractivity contribution in [3.8, 4) is 0 Å². The summed E-state index contributed by atoms with van der Waals surface area (Å²) in [6.45, 7) is 0.176. The van der Waals surface area contributed by atoms with Crippen LogP contribution in [0.15, 0.2) is 48.5 Å². The molecule has 0 aliphatic heterocycles. The Hall–Kier alpha value is -3.42. The highest BCUT2D eigenvalue weighted by atomic mass is 16.6. The van der Waals surface area contributed by atoms with E-state index in [1.807, 2.05) is 18.2 Å². The summed E-state index contributed by atoms with van der Waals surface area (Å²) in [5.74, 6) is -0.543. The fourth-order valence-corrected chi connectivity index (χ4v) is 3.37. The number of amides is 2. The Morgan fingerprint density at radius 2 is 1.79 bits per heavy atom. The molecule has 1 saturated carbocycles. The molecule has 29 heavy (non-hydrogen) atoms. The molecule has 0 spiro atoms. The molecule has 0 atom stereocenters. The minimum absolute atomic E-state index is 0.0920. The Bertz CT molecular complexity index is 880. The van der Waals surface area contributed by atoms with Crippen molar-refractivity contribution in [3.63, 3.8) is 0 Å². The number of anilines is 2. The predicted octanol–water partition coefficient (Wildman–Crippen LogP) is 3.52. The zero-order chi connectivity index (χ0) is 20.6. The van der Waals surface area contributed by atoms with Crippen molar-refractivity contribution in [2.45, 2.75) is 38.1 Å². The number of nitro groups is 1. The van der Waals surface area contributed by atoms with Crippen LogP contribution in [0.2, 0.25) is 0 Å². The maximum atomic E-state index is 12.3. The average Bonchev–Trinajstić information content (AvgIpc) is 3.21. The first-order valence-electron chi connectivity index (χ1n) is 9.71. The van der Waals surface area contributed by atoms with Crippen LogP contribution in [0.25, 0.3) is 0 Å². The molecule has 3 N–H and O–H groups in total. The van der Waals surface area contributed by atoms with Gasteiger partial charge in [0.1, 0.15) is 5.69 Å². The van der Waals surface area contributed by atoms with Crippen LogP contribution in [0, 0.1) is 10.1 Å². The molecule has 0 bridgehead atoms. The van der Waals surface area contributed by atoms with Crippen molar-refractivity contribution in [2.75, 3.05) is 11.9 Å². The van der Waals surface area contributed by atoms with Gasteiger partial charge in [-0.05, 0) is 37.1 Å². The van der Waals surface area contributed by atoms with Crippen molar-refractivity contribution >= 4 is 28.9 Å². The predicted molar refractivity (Wildman–Crippen MR) is 110 cm³/mol. The summed E-state index contributed by atoms with van der Waals surface area (Å²) >= 11 is 0. The molecular weight excluding hydrogens is 372 g/mol. The van der Waals surface area contributed by atoms with Crippen LogP contribution < -0.4 is 16.0 Å². The lowest BCUT2D eigenvalue weighted by Gasteiger charge is -2.12. The van der Waals surface area contributed by atoms with Gasteiger partial charge in [-0.25, -0.2) is 0 Å². The van der Waals surface area contributed by atoms with Crippen molar-refractivity contribution in [1.82, 2.24) is 10.6 Å². The van der Waals surface area contributed by atoms with Crippen LogP contribution >= 0.6 is 0 Å². The third-order valence-corrected chi connectivity index (χ3v) is 4.87. The monoisotopic (exact) mass is 396 g/mol. The van der Waals surface area contributed by atoms with E-state index in [4.69, 9.17) is 0 Å². The minimum atomic E-state index is -0.531. The van der Waals surface area contributed by atoms with Crippen LogP contribution in [0.3, 0.4) is 0 Å². The Morgan fingerprint density at radius 3 is 2.48 bits per heavy atom. The summed E-state index contributed by atoms with van der Waals surface area (Å²) < 4.78 is 0. The smallest absolute Gasteiger partial charge is 0.293 e. The van der Waals surface area contributed by atoms with Gasteiger partial charge in [-0.3, -0.25) is 19.7 Å². The Kier molecular flexibility index (Phi) is 6.78. The Morgan fingerprint density at radius 1 is 1.07 bits per heavy atom. The number of benzene rings is 2. The highest BCUT2D eigenvalue weighted by molar-refractivity contribution is 5.96. The van der Waals surface area contributed by atoms with E-state index in [9.17, 15) is 19.7 Å². The molecule has 1 aliphatic rings. The van der Waals surface area contributed by atoms with Gasteiger partial charge in [0.15, 0.2) is 0 Å². The molecule has 0 heterocycles. The zero-order valence-electron chi connectivity index (χ0n) is 16.0. The lowest BCUT2D eigenvalue weighted by molar-refractivity contribution is -0.383. The second-order valence-corrected chi connectivity index (χ2v) is 7.03. The van der Waals surface area contributed by atoms with E-state index in [1.54, 1.807) is 12.1 Å². The number of nitrogens with zero attached hydrogens (tertiary/aromatic N) is 1. The van der Waals surface area contributed by atoms with Crippen LogP contribution in [0.1, 0.15) is 42.5 Å². The van der Waals surface area contributed by atoms with Crippen LogP contribution in [-0.4, -0.2) is 29.3 Å². The third-order valence-electron chi connectivity index (χ3n) is 4.87. The van der Waals surface area contributed by atoms with Gasteiger partial charge < -0.3 is 16.0 Å². The lowest BCUT2D eigenvalue weighted by Crippen LogP contribution is -2.35. The Balaban J connectivity index is 1.57. The minimum Gasteiger partial charge on any atom is -0.353 e. The number of nitrogens with one attached hydrogen (secondary N) is 3. The maximum absolute atomic E-state index is 12.3. The fraction of sp³-hybridized carbons (Fsp3) is 0.333. The van der Waals surface area contributed by atoms with E-state index in [0.717, 1.165) is 25.7 Å². The van der Waals surface area contributed by atoms with Gasteiger partial charge in [0, 0.05) is 36.3 Å². The molecule has 0 unspecified atom stereocenters. The standard InChI is InChI=1S/C21H24N4O4/c26-20(24-17-8-4-5-9-17)12-13-22-21(27)15-10-11-18(19(14-15)25(28)29)23-16-6-2-1-3-7-16/h1-3,6-7,10-11,14,17,23H,4-5,8-9,12-13H2,(H,22,27)(H,24,26). The largest absolute Gasteiger partial charge is 0.353 e. The first-order valence-corrected chi connectivity index (χ1v) is 9.71. The highest BCUT2D eigenvalue weighted by Gasteiger charge is 2.19. The van der Waals surface area contributed by atoms with Gasteiger partial charge in [0.25, 0.3) is 11.6 Å². The number of carbonyl (C=O) groups excluding carboxylic acids is 2. The summed E-state index contributed by atoms with van der Waals surface area (Å²) in [5.41, 5.74) is 0.988. The Labute approximate surface area is 168 Å². The quantitative estimate of drug-likeness (QED) is 0.467. The average molecular weight is 396 g/mol. The van der Waals surface area contributed by atoms with Crippen molar-refractivity contribution < 1.29 is 14.5 Å². The first kappa shape index (κ1) is 20.3. The molecule has 2 aromatic rings. The van der Waals surface area contributed by atoms with Gasteiger partial charge in [-0.15, -0.1) is 0 Å². The molecule has 152 valence electrons. The molecule has 0 aromatic heterocycles. The van der Waals surface area contributed by atoms with Crippen molar-refractivity contribution in [1.29, 1.82) is 0 Å². The topological polar surface area (TPSA) is 113 Å².